The zero-order chi connectivity index (χ0) is 25.3. The minimum atomic E-state index is 0.427. The van der Waals surface area contributed by atoms with E-state index in [1.165, 1.54) is 50.5 Å². The Morgan fingerprint density at radius 1 is 0.973 bits per heavy atom. The van der Waals surface area contributed by atoms with Crippen molar-refractivity contribution in [3.8, 4) is 0 Å². The highest BCUT2D eigenvalue weighted by Gasteiger charge is 2.16. The topological polar surface area (TPSA) is 105 Å². The quantitative estimate of drug-likeness (QED) is 0.269. The van der Waals surface area contributed by atoms with Crippen molar-refractivity contribution in [3.63, 3.8) is 0 Å². The third-order valence-corrected chi connectivity index (χ3v) is 7.65. The SMILES string of the molecule is Cc1ccc2c(NC3CCNCC3)nc(NCc3cn(CCCCCNC4CCCCC4)nn3)nc2c1. The van der Waals surface area contributed by atoms with Crippen LogP contribution in [-0.4, -0.2) is 56.7 Å². The molecular weight excluding hydrogens is 462 g/mol. The monoisotopic (exact) mass is 505 g/mol. The van der Waals surface area contributed by atoms with E-state index >= 15 is 0 Å². The Kier molecular flexibility index (Phi) is 9.18. The highest BCUT2D eigenvalue weighted by molar-refractivity contribution is 5.90. The van der Waals surface area contributed by atoms with Crippen molar-refractivity contribution in [2.24, 2.45) is 0 Å². The van der Waals surface area contributed by atoms with Gasteiger partial charge < -0.3 is 21.3 Å². The fourth-order valence-electron chi connectivity index (χ4n) is 5.48. The van der Waals surface area contributed by atoms with Crippen molar-refractivity contribution >= 4 is 22.7 Å². The fraction of sp³-hybridized carbons (Fsp3) is 0.643. The van der Waals surface area contributed by atoms with Gasteiger partial charge in [0.25, 0.3) is 0 Å². The maximum absolute atomic E-state index is 4.84. The minimum absolute atomic E-state index is 0.427. The summed E-state index contributed by atoms with van der Waals surface area (Å²) in [6.45, 7) is 6.77. The van der Waals surface area contributed by atoms with E-state index in [0.717, 1.165) is 73.9 Å². The maximum atomic E-state index is 4.84. The molecule has 0 atom stereocenters. The average molecular weight is 506 g/mol. The molecule has 5 rings (SSSR count). The maximum Gasteiger partial charge on any atom is 0.225 e. The zero-order valence-electron chi connectivity index (χ0n) is 22.3. The summed E-state index contributed by atoms with van der Waals surface area (Å²) in [5.41, 5.74) is 3.05. The molecule has 2 aliphatic rings. The van der Waals surface area contributed by atoms with Crippen molar-refractivity contribution in [3.05, 3.63) is 35.7 Å². The molecule has 0 bridgehead atoms. The number of aromatic nitrogens is 5. The van der Waals surface area contributed by atoms with E-state index in [2.05, 4.69) is 56.7 Å². The van der Waals surface area contributed by atoms with E-state index in [4.69, 9.17) is 9.97 Å². The molecule has 1 aromatic carbocycles. The second-order valence-corrected chi connectivity index (χ2v) is 10.8. The Morgan fingerprint density at radius 2 is 1.84 bits per heavy atom. The summed E-state index contributed by atoms with van der Waals surface area (Å²) >= 11 is 0. The van der Waals surface area contributed by atoms with Crippen molar-refractivity contribution in [2.75, 3.05) is 30.3 Å². The van der Waals surface area contributed by atoms with Crippen LogP contribution in [0.2, 0.25) is 0 Å². The molecule has 1 saturated carbocycles. The molecule has 1 aliphatic carbocycles. The van der Waals surface area contributed by atoms with Crippen LogP contribution in [-0.2, 0) is 13.1 Å². The Hall–Kier alpha value is -2.78. The van der Waals surface area contributed by atoms with E-state index in [-0.39, 0.29) is 0 Å². The van der Waals surface area contributed by atoms with Crippen molar-refractivity contribution in [2.45, 2.75) is 96.3 Å². The van der Waals surface area contributed by atoms with Crippen LogP contribution in [0.3, 0.4) is 0 Å². The smallest absolute Gasteiger partial charge is 0.225 e. The van der Waals surface area contributed by atoms with Gasteiger partial charge in [-0.25, -0.2) is 4.98 Å². The predicted molar refractivity (Wildman–Crippen MR) is 150 cm³/mol. The van der Waals surface area contributed by atoms with Gasteiger partial charge in [-0.3, -0.25) is 4.68 Å². The van der Waals surface area contributed by atoms with Gasteiger partial charge >= 0.3 is 0 Å². The van der Waals surface area contributed by atoms with Gasteiger partial charge in [-0.1, -0.05) is 37.0 Å². The molecule has 3 aromatic rings. The van der Waals surface area contributed by atoms with Crippen LogP contribution in [0.25, 0.3) is 10.9 Å². The molecular formula is C28H43N9. The summed E-state index contributed by atoms with van der Waals surface area (Å²) in [7, 11) is 0. The second kappa shape index (κ2) is 13.1. The number of aryl methyl sites for hydroxylation is 2. The molecule has 0 unspecified atom stereocenters. The van der Waals surface area contributed by atoms with E-state index in [1.807, 2.05) is 10.9 Å². The Balaban J connectivity index is 1.11. The first-order valence-corrected chi connectivity index (χ1v) is 14.3. The number of hydrogen-bond acceptors (Lipinski definition) is 8. The van der Waals surface area contributed by atoms with E-state index in [1.54, 1.807) is 0 Å². The number of nitrogens with zero attached hydrogens (tertiary/aromatic N) is 5. The second-order valence-electron chi connectivity index (χ2n) is 10.8. The first-order valence-electron chi connectivity index (χ1n) is 14.3. The number of hydrogen-bond donors (Lipinski definition) is 4. The molecule has 4 N–H and O–H groups in total. The summed E-state index contributed by atoms with van der Waals surface area (Å²) in [5, 5.41) is 24.0. The van der Waals surface area contributed by atoms with Crippen LogP contribution in [0.4, 0.5) is 11.8 Å². The van der Waals surface area contributed by atoms with Crippen LogP contribution in [0.5, 0.6) is 0 Å². The number of piperidine rings is 1. The zero-order valence-corrected chi connectivity index (χ0v) is 22.3. The van der Waals surface area contributed by atoms with Crippen molar-refractivity contribution in [1.82, 2.24) is 35.6 Å². The van der Waals surface area contributed by atoms with Gasteiger partial charge in [0.15, 0.2) is 0 Å². The van der Waals surface area contributed by atoms with Gasteiger partial charge in [-0.05, 0) is 82.8 Å². The fourth-order valence-corrected chi connectivity index (χ4v) is 5.48. The predicted octanol–water partition coefficient (Wildman–Crippen LogP) is 4.40. The van der Waals surface area contributed by atoms with E-state index in [0.29, 0.717) is 18.5 Å². The highest BCUT2D eigenvalue weighted by atomic mass is 15.4. The van der Waals surface area contributed by atoms with Gasteiger partial charge in [0.1, 0.15) is 11.5 Å². The standard InChI is InChI=1S/C28H43N9/c1-21-10-11-25-26(18-21)33-28(34-27(25)32-23-12-15-29-16-13-23)31-19-24-20-37(36-35-24)17-7-3-6-14-30-22-8-4-2-5-9-22/h10-11,18,20,22-23,29-30H,2-9,12-17,19H2,1H3,(H2,31,32,33,34). The normalized spacial score (nSPS) is 17.3. The minimum Gasteiger partial charge on any atom is -0.367 e. The lowest BCUT2D eigenvalue weighted by Gasteiger charge is -2.25. The van der Waals surface area contributed by atoms with Crippen molar-refractivity contribution in [1.29, 1.82) is 0 Å². The van der Waals surface area contributed by atoms with Crippen LogP contribution < -0.4 is 21.3 Å². The average Bonchev–Trinajstić information content (AvgIpc) is 3.38. The summed E-state index contributed by atoms with van der Waals surface area (Å²) in [6.07, 6.45) is 14.7. The molecule has 2 fully saturated rings. The molecule has 0 amide bonds. The molecule has 3 heterocycles. The van der Waals surface area contributed by atoms with Gasteiger partial charge in [0.05, 0.1) is 18.3 Å². The molecule has 2 aromatic heterocycles. The van der Waals surface area contributed by atoms with Crippen LogP contribution in [0, 0.1) is 6.92 Å². The molecule has 0 radical (unpaired) electrons. The number of unbranched alkanes of at least 4 members (excludes halogenated alkanes) is 2. The molecule has 37 heavy (non-hydrogen) atoms. The molecule has 9 nitrogen and oxygen atoms in total. The molecule has 200 valence electrons. The molecule has 1 saturated heterocycles. The van der Waals surface area contributed by atoms with Gasteiger partial charge in [-0.2, -0.15) is 4.98 Å². The van der Waals surface area contributed by atoms with Gasteiger partial charge in [0.2, 0.25) is 5.95 Å². The Morgan fingerprint density at radius 3 is 2.70 bits per heavy atom. The number of fused-ring (bicyclic) bond motifs is 1. The lowest BCUT2D eigenvalue weighted by molar-refractivity contribution is 0.369. The summed E-state index contributed by atoms with van der Waals surface area (Å²) in [4.78, 5) is 9.63. The van der Waals surface area contributed by atoms with Gasteiger partial charge in [-0.15, -0.1) is 5.10 Å². The van der Waals surface area contributed by atoms with Crippen LogP contribution >= 0.6 is 0 Å². The summed E-state index contributed by atoms with van der Waals surface area (Å²) in [5.74, 6) is 1.52. The van der Waals surface area contributed by atoms with Crippen molar-refractivity contribution < 1.29 is 0 Å². The molecule has 1 aliphatic heterocycles. The molecule has 9 heteroatoms. The Bertz CT molecular complexity index is 1120. The summed E-state index contributed by atoms with van der Waals surface area (Å²) in [6, 6.07) is 7.55. The highest BCUT2D eigenvalue weighted by Crippen LogP contribution is 2.25. The lowest BCUT2D eigenvalue weighted by atomic mass is 9.95. The van der Waals surface area contributed by atoms with E-state index < -0.39 is 0 Å². The van der Waals surface area contributed by atoms with Gasteiger partial charge in [0, 0.05) is 24.0 Å². The third kappa shape index (κ3) is 7.61. The first kappa shape index (κ1) is 25.9. The number of benzene rings is 1. The lowest BCUT2D eigenvalue weighted by Crippen LogP contribution is -2.35. The number of anilines is 2. The number of rotatable bonds is 12. The number of nitrogens with one attached hydrogen (secondary N) is 4. The summed E-state index contributed by atoms with van der Waals surface area (Å²) < 4.78 is 1.96. The molecule has 0 spiro atoms. The first-order chi connectivity index (χ1) is 18.2. The largest absolute Gasteiger partial charge is 0.367 e. The van der Waals surface area contributed by atoms with Crippen LogP contribution in [0.15, 0.2) is 24.4 Å². The van der Waals surface area contributed by atoms with Crippen LogP contribution in [0.1, 0.15) is 75.5 Å². The third-order valence-electron chi connectivity index (χ3n) is 7.65. The van der Waals surface area contributed by atoms with E-state index in [9.17, 15) is 0 Å². The Labute approximate surface area is 220 Å².